The third-order valence-electron chi connectivity index (χ3n) is 2.66. The van der Waals surface area contributed by atoms with Crippen LogP contribution >= 0.6 is 12.6 Å². The predicted molar refractivity (Wildman–Crippen MR) is 71.8 cm³/mol. The van der Waals surface area contributed by atoms with Gasteiger partial charge in [0.25, 0.3) is 0 Å². The molecule has 0 aliphatic rings. The molecule has 0 N–H and O–H groups in total. The maximum Gasteiger partial charge on any atom is 0.0707 e. The summed E-state index contributed by atoms with van der Waals surface area (Å²) < 4.78 is 0. The van der Waals surface area contributed by atoms with E-state index >= 15 is 0 Å². The fourth-order valence-electron chi connectivity index (χ4n) is 1.82. The van der Waals surface area contributed by atoms with E-state index in [-0.39, 0.29) is 0 Å². The van der Waals surface area contributed by atoms with Crippen molar-refractivity contribution in [2.24, 2.45) is 0 Å². The highest BCUT2D eigenvalue weighted by Gasteiger charge is 2.03. The van der Waals surface area contributed by atoms with Gasteiger partial charge in [-0.25, -0.2) is 0 Å². The van der Waals surface area contributed by atoms with Gasteiger partial charge in [0.15, 0.2) is 0 Å². The number of rotatable bonds is 2. The predicted octanol–water partition coefficient (Wildman–Crippen LogP) is 3.80. The molecule has 0 saturated carbocycles. The molecular formula is C14H15NS. The molecule has 0 bridgehead atoms. The second-order valence-electron chi connectivity index (χ2n) is 4.03. The van der Waals surface area contributed by atoms with Gasteiger partial charge in [-0.05, 0) is 37.1 Å². The van der Waals surface area contributed by atoms with Crippen LogP contribution in [0.5, 0.6) is 0 Å². The number of pyridine rings is 1. The maximum absolute atomic E-state index is 4.41. The summed E-state index contributed by atoms with van der Waals surface area (Å²) in [5, 5.41) is 0. The summed E-state index contributed by atoms with van der Waals surface area (Å²) >= 11 is 4.28. The first-order valence-corrected chi connectivity index (χ1v) is 5.97. The topological polar surface area (TPSA) is 12.9 Å². The molecule has 0 spiro atoms. The van der Waals surface area contributed by atoms with Crippen molar-refractivity contribution in [1.29, 1.82) is 0 Å². The normalized spacial score (nSPS) is 10.4. The summed E-state index contributed by atoms with van der Waals surface area (Å²) in [4.78, 5) is 4.41. The van der Waals surface area contributed by atoms with Crippen LogP contribution in [0, 0.1) is 13.8 Å². The van der Waals surface area contributed by atoms with Crippen LogP contribution in [-0.4, -0.2) is 4.98 Å². The number of hydrogen-bond acceptors (Lipinski definition) is 2. The van der Waals surface area contributed by atoms with Crippen LogP contribution in [0.25, 0.3) is 11.3 Å². The smallest absolute Gasteiger partial charge is 0.0707 e. The lowest BCUT2D eigenvalue weighted by Gasteiger charge is -2.07. The molecule has 2 heteroatoms. The monoisotopic (exact) mass is 229 g/mol. The van der Waals surface area contributed by atoms with Gasteiger partial charge < -0.3 is 0 Å². The van der Waals surface area contributed by atoms with Crippen LogP contribution in [0.15, 0.2) is 36.5 Å². The highest BCUT2D eigenvalue weighted by molar-refractivity contribution is 7.79. The van der Waals surface area contributed by atoms with Gasteiger partial charge in [0.05, 0.1) is 5.69 Å². The van der Waals surface area contributed by atoms with Crippen molar-refractivity contribution in [2.75, 3.05) is 0 Å². The molecule has 82 valence electrons. The van der Waals surface area contributed by atoms with Gasteiger partial charge >= 0.3 is 0 Å². The molecule has 2 rings (SSSR count). The van der Waals surface area contributed by atoms with Crippen LogP contribution in [0.1, 0.15) is 16.7 Å². The summed E-state index contributed by atoms with van der Waals surface area (Å²) in [6, 6.07) is 10.5. The molecule has 1 aromatic carbocycles. The highest BCUT2D eigenvalue weighted by atomic mass is 32.1. The number of thiol groups is 1. The maximum atomic E-state index is 4.41. The Morgan fingerprint density at radius 3 is 2.62 bits per heavy atom. The zero-order valence-electron chi connectivity index (χ0n) is 9.57. The first kappa shape index (κ1) is 11.2. The Morgan fingerprint density at radius 2 is 1.94 bits per heavy atom. The lowest BCUT2D eigenvalue weighted by atomic mass is 10.0. The fraction of sp³-hybridized carbons (Fsp3) is 0.214. The van der Waals surface area contributed by atoms with Crippen LogP contribution in [0.4, 0.5) is 0 Å². The molecule has 0 radical (unpaired) electrons. The van der Waals surface area contributed by atoms with Gasteiger partial charge in [-0.1, -0.05) is 23.8 Å². The lowest BCUT2D eigenvalue weighted by molar-refractivity contribution is 1.26. The van der Waals surface area contributed by atoms with E-state index in [0.29, 0.717) is 0 Å². The number of aromatic nitrogens is 1. The molecule has 0 aliphatic heterocycles. The van der Waals surface area contributed by atoms with Crippen LogP contribution in [-0.2, 0) is 5.75 Å². The standard InChI is InChI=1S/C14H15NS/c1-10-3-4-13(11(2)7-10)14-8-12(9-16)5-6-15-14/h3-8,16H,9H2,1-2H3. The molecule has 2 aromatic rings. The van der Waals surface area contributed by atoms with Crippen molar-refractivity contribution in [3.8, 4) is 11.3 Å². The van der Waals surface area contributed by atoms with Gasteiger partial charge in [-0.3, -0.25) is 4.98 Å². The van der Waals surface area contributed by atoms with E-state index < -0.39 is 0 Å². The molecule has 0 amide bonds. The summed E-state index contributed by atoms with van der Waals surface area (Å²) in [5.41, 5.74) is 5.99. The number of benzene rings is 1. The van der Waals surface area contributed by atoms with Gasteiger partial charge in [0.2, 0.25) is 0 Å². The minimum Gasteiger partial charge on any atom is -0.256 e. The van der Waals surface area contributed by atoms with E-state index in [0.717, 1.165) is 11.4 Å². The van der Waals surface area contributed by atoms with E-state index in [4.69, 9.17) is 0 Å². The van der Waals surface area contributed by atoms with Crippen LogP contribution in [0.3, 0.4) is 0 Å². The Morgan fingerprint density at radius 1 is 1.12 bits per heavy atom. The van der Waals surface area contributed by atoms with Crippen molar-refractivity contribution in [2.45, 2.75) is 19.6 Å². The molecule has 0 fully saturated rings. The van der Waals surface area contributed by atoms with Crippen molar-refractivity contribution in [1.82, 2.24) is 4.98 Å². The zero-order chi connectivity index (χ0) is 11.5. The number of aryl methyl sites for hydroxylation is 2. The number of nitrogens with zero attached hydrogens (tertiary/aromatic N) is 1. The Hall–Kier alpha value is -1.28. The van der Waals surface area contributed by atoms with Gasteiger partial charge in [-0.2, -0.15) is 12.6 Å². The van der Waals surface area contributed by atoms with Crippen LogP contribution < -0.4 is 0 Å². The summed E-state index contributed by atoms with van der Waals surface area (Å²) in [6.07, 6.45) is 1.85. The molecule has 1 heterocycles. The first-order chi connectivity index (χ1) is 7.70. The molecule has 16 heavy (non-hydrogen) atoms. The minimum absolute atomic E-state index is 0.750. The molecule has 1 aromatic heterocycles. The second kappa shape index (κ2) is 4.71. The molecular weight excluding hydrogens is 214 g/mol. The Balaban J connectivity index is 2.49. The van der Waals surface area contributed by atoms with Gasteiger partial charge in [0.1, 0.15) is 0 Å². The summed E-state index contributed by atoms with van der Waals surface area (Å²) in [7, 11) is 0. The molecule has 0 aliphatic carbocycles. The van der Waals surface area contributed by atoms with E-state index in [2.05, 4.69) is 55.7 Å². The fourth-order valence-corrected chi connectivity index (χ4v) is 2.02. The largest absolute Gasteiger partial charge is 0.256 e. The Bertz CT molecular complexity index is 506. The molecule has 0 unspecified atom stereocenters. The average Bonchev–Trinajstić information content (AvgIpc) is 2.29. The minimum atomic E-state index is 0.750. The molecule has 1 nitrogen and oxygen atoms in total. The van der Waals surface area contributed by atoms with Gasteiger partial charge in [-0.15, -0.1) is 0 Å². The van der Waals surface area contributed by atoms with Crippen molar-refractivity contribution < 1.29 is 0 Å². The molecule has 0 atom stereocenters. The third-order valence-corrected chi connectivity index (χ3v) is 3.03. The van der Waals surface area contributed by atoms with Crippen molar-refractivity contribution in [3.05, 3.63) is 53.2 Å². The highest BCUT2D eigenvalue weighted by Crippen LogP contribution is 2.23. The zero-order valence-corrected chi connectivity index (χ0v) is 10.5. The van der Waals surface area contributed by atoms with E-state index in [1.165, 1.54) is 22.3 Å². The average molecular weight is 229 g/mol. The number of hydrogen-bond donors (Lipinski definition) is 1. The summed E-state index contributed by atoms with van der Waals surface area (Å²) in [5.74, 6) is 0.750. The van der Waals surface area contributed by atoms with E-state index in [9.17, 15) is 0 Å². The van der Waals surface area contributed by atoms with Crippen molar-refractivity contribution >= 4 is 12.6 Å². The quantitative estimate of drug-likeness (QED) is 0.773. The SMILES string of the molecule is Cc1ccc(-c2cc(CS)ccn2)c(C)c1. The van der Waals surface area contributed by atoms with E-state index in [1.807, 2.05) is 12.3 Å². The van der Waals surface area contributed by atoms with Crippen molar-refractivity contribution in [3.63, 3.8) is 0 Å². The van der Waals surface area contributed by atoms with Gasteiger partial charge in [0, 0.05) is 17.5 Å². The van der Waals surface area contributed by atoms with E-state index in [1.54, 1.807) is 0 Å². The molecule has 0 saturated heterocycles. The first-order valence-electron chi connectivity index (χ1n) is 5.34. The third kappa shape index (κ3) is 2.27. The summed E-state index contributed by atoms with van der Waals surface area (Å²) in [6.45, 7) is 4.23. The Labute approximate surface area is 102 Å². The lowest BCUT2D eigenvalue weighted by Crippen LogP contribution is -1.89. The Kier molecular flexibility index (Phi) is 3.30. The second-order valence-corrected chi connectivity index (χ2v) is 4.34. The van der Waals surface area contributed by atoms with Crippen LogP contribution in [0.2, 0.25) is 0 Å².